The van der Waals surface area contributed by atoms with Crippen molar-refractivity contribution in [3.8, 4) is 0 Å². The van der Waals surface area contributed by atoms with Gasteiger partial charge in [-0.1, -0.05) is 19.4 Å². The number of hydrogen-bond donors (Lipinski definition) is 3. The minimum atomic E-state index is -0.491. The van der Waals surface area contributed by atoms with E-state index in [1.165, 1.54) is 12.1 Å². The summed E-state index contributed by atoms with van der Waals surface area (Å²) in [6, 6.07) is 5.03. The lowest BCUT2D eigenvalue weighted by atomic mass is 9.90. The quantitative estimate of drug-likeness (QED) is 0.279. The van der Waals surface area contributed by atoms with Crippen molar-refractivity contribution in [1.82, 2.24) is 5.01 Å². The topological polar surface area (TPSA) is 140 Å². The average Bonchev–Trinajstić information content (AvgIpc) is 2.64. The van der Waals surface area contributed by atoms with E-state index in [1.54, 1.807) is 18.2 Å². The Labute approximate surface area is 157 Å². The highest BCUT2D eigenvalue weighted by Crippen LogP contribution is 2.29. The van der Waals surface area contributed by atoms with Gasteiger partial charge < -0.3 is 21.5 Å². The first kappa shape index (κ1) is 20.2. The molecule has 1 aromatic carbocycles. The standard InChI is InChI=1S/C18H25N5O4/c1-3-4-7-23(22-18(19)20)17(26)12-6-5-11-8-13(10-15(24)27-2)16(25)21-14(11)9-12/h5-6,9,13H,3-4,7-8,10H2,1-2H3,(H,21,25)(H4,19,20,22). The van der Waals surface area contributed by atoms with Crippen LogP contribution in [0.15, 0.2) is 23.3 Å². The summed E-state index contributed by atoms with van der Waals surface area (Å²) in [7, 11) is 1.29. The maximum absolute atomic E-state index is 12.7. The number of benzene rings is 1. The fourth-order valence-corrected chi connectivity index (χ4v) is 2.84. The maximum atomic E-state index is 12.7. The number of nitrogens with one attached hydrogen (secondary N) is 1. The summed E-state index contributed by atoms with van der Waals surface area (Å²) in [5.74, 6) is -1.75. The van der Waals surface area contributed by atoms with Gasteiger partial charge in [0.15, 0.2) is 0 Å². The van der Waals surface area contributed by atoms with Gasteiger partial charge in [0.2, 0.25) is 11.9 Å². The van der Waals surface area contributed by atoms with E-state index < -0.39 is 11.9 Å². The number of nitrogens with two attached hydrogens (primary N) is 2. The lowest BCUT2D eigenvalue weighted by molar-refractivity contribution is -0.143. The van der Waals surface area contributed by atoms with Crippen molar-refractivity contribution in [2.75, 3.05) is 19.0 Å². The average molecular weight is 375 g/mol. The largest absolute Gasteiger partial charge is 0.469 e. The van der Waals surface area contributed by atoms with Gasteiger partial charge in [-0.3, -0.25) is 14.4 Å². The Morgan fingerprint density at radius 2 is 2.11 bits per heavy atom. The van der Waals surface area contributed by atoms with Crippen LogP contribution in [-0.4, -0.2) is 42.4 Å². The number of carbonyl (C=O) groups is 3. The second-order valence-corrected chi connectivity index (χ2v) is 6.35. The number of anilines is 1. The highest BCUT2D eigenvalue weighted by Gasteiger charge is 2.29. The van der Waals surface area contributed by atoms with Gasteiger partial charge in [0.1, 0.15) is 0 Å². The Morgan fingerprint density at radius 3 is 2.74 bits per heavy atom. The molecule has 1 aliphatic heterocycles. The predicted octanol–water partition coefficient (Wildman–Crippen LogP) is 0.791. The monoisotopic (exact) mass is 375 g/mol. The minimum absolute atomic E-state index is 0.0116. The second kappa shape index (κ2) is 9.02. The third-order valence-corrected chi connectivity index (χ3v) is 4.29. The molecule has 0 spiro atoms. The lowest BCUT2D eigenvalue weighted by Gasteiger charge is -2.25. The zero-order valence-electron chi connectivity index (χ0n) is 15.5. The number of methoxy groups -OCH3 is 1. The molecule has 2 amide bonds. The molecule has 146 valence electrons. The molecule has 9 nitrogen and oxygen atoms in total. The van der Waals surface area contributed by atoms with Gasteiger partial charge in [-0.2, -0.15) is 0 Å². The van der Waals surface area contributed by atoms with Crippen molar-refractivity contribution < 1.29 is 19.1 Å². The Kier molecular flexibility index (Phi) is 6.75. The summed E-state index contributed by atoms with van der Waals surface area (Å²) < 4.78 is 4.63. The van der Waals surface area contributed by atoms with E-state index in [1.807, 2.05) is 6.92 Å². The van der Waals surface area contributed by atoms with Crippen molar-refractivity contribution in [2.45, 2.75) is 32.6 Å². The van der Waals surface area contributed by atoms with Crippen molar-refractivity contribution in [3.63, 3.8) is 0 Å². The minimum Gasteiger partial charge on any atom is -0.469 e. The van der Waals surface area contributed by atoms with Crippen LogP contribution in [-0.2, 0) is 20.7 Å². The van der Waals surface area contributed by atoms with Crippen LogP contribution in [0, 0.1) is 5.92 Å². The molecule has 0 aromatic heterocycles. The smallest absolute Gasteiger partial charge is 0.306 e. The van der Waals surface area contributed by atoms with Gasteiger partial charge in [0.05, 0.1) is 19.4 Å². The van der Waals surface area contributed by atoms with Crippen LogP contribution >= 0.6 is 0 Å². The third kappa shape index (κ3) is 5.19. The number of rotatable bonds is 7. The second-order valence-electron chi connectivity index (χ2n) is 6.35. The number of fused-ring (bicyclic) bond motifs is 1. The zero-order chi connectivity index (χ0) is 20.0. The molecule has 0 fully saturated rings. The molecule has 1 atom stereocenters. The Hall–Kier alpha value is -3.10. The summed E-state index contributed by atoms with van der Waals surface area (Å²) in [6.45, 7) is 2.38. The number of nitrogens with zero attached hydrogens (tertiary/aromatic N) is 2. The highest BCUT2D eigenvalue weighted by molar-refractivity contribution is 6.00. The summed E-state index contributed by atoms with van der Waals surface area (Å²) in [5.41, 5.74) is 12.6. The fourth-order valence-electron chi connectivity index (χ4n) is 2.84. The van der Waals surface area contributed by atoms with E-state index in [0.717, 1.165) is 18.4 Å². The van der Waals surface area contributed by atoms with E-state index in [4.69, 9.17) is 11.5 Å². The maximum Gasteiger partial charge on any atom is 0.306 e. The summed E-state index contributed by atoms with van der Waals surface area (Å²) in [6.07, 6.45) is 2.04. The number of guanidine groups is 1. The molecule has 1 heterocycles. The Balaban J connectivity index is 2.21. The van der Waals surface area contributed by atoms with Crippen LogP contribution in [0.3, 0.4) is 0 Å². The number of unbranched alkanes of at least 4 members (excludes halogenated alkanes) is 1. The van der Waals surface area contributed by atoms with E-state index in [-0.39, 0.29) is 24.2 Å². The molecule has 1 unspecified atom stereocenters. The molecular weight excluding hydrogens is 350 g/mol. The van der Waals surface area contributed by atoms with Gasteiger partial charge in [-0.15, -0.1) is 5.10 Å². The molecule has 0 saturated carbocycles. The number of amides is 2. The summed E-state index contributed by atoms with van der Waals surface area (Å²) in [4.78, 5) is 36.4. The number of hydrogen-bond acceptors (Lipinski definition) is 5. The van der Waals surface area contributed by atoms with Gasteiger partial charge in [-0.05, 0) is 30.5 Å². The van der Waals surface area contributed by atoms with Crippen molar-refractivity contribution in [3.05, 3.63) is 29.3 Å². The van der Waals surface area contributed by atoms with Crippen molar-refractivity contribution in [1.29, 1.82) is 0 Å². The Morgan fingerprint density at radius 1 is 1.37 bits per heavy atom. The van der Waals surface area contributed by atoms with Gasteiger partial charge >= 0.3 is 5.97 Å². The SMILES string of the molecule is CCCCN(N=C(N)N)C(=O)c1ccc2c(c1)NC(=O)C(CC(=O)OC)C2. The van der Waals surface area contributed by atoms with Crippen molar-refractivity contribution >= 4 is 29.4 Å². The van der Waals surface area contributed by atoms with Crippen LogP contribution in [0.4, 0.5) is 5.69 Å². The molecule has 0 aliphatic carbocycles. The highest BCUT2D eigenvalue weighted by atomic mass is 16.5. The van der Waals surface area contributed by atoms with E-state index in [0.29, 0.717) is 24.2 Å². The third-order valence-electron chi connectivity index (χ3n) is 4.29. The number of hydrazone groups is 1. The van der Waals surface area contributed by atoms with Crippen LogP contribution in [0.2, 0.25) is 0 Å². The zero-order valence-corrected chi connectivity index (χ0v) is 15.5. The molecule has 27 heavy (non-hydrogen) atoms. The molecule has 1 aliphatic rings. The molecule has 0 saturated heterocycles. The first-order chi connectivity index (χ1) is 12.8. The Bertz CT molecular complexity index is 758. The molecule has 1 aromatic rings. The molecule has 0 radical (unpaired) electrons. The van der Waals surface area contributed by atoms with Gasteiger partial charge in [0.25, 0.3) is 5.91 Å². The van der Waals surface area contributed by atoms with Crippen LogP contribution in [0.5, 0.6) is 0 Å². The summed E-state index contributed by atoms with van der Waals surface area (Å²) in [5, 5.41) is 7.87. The fraction of sp³-hybridized carbons (Fsp3) is 0.444. The van der Waals surface area contributed by atoms with E-state index in [9.17, 15) is 14.4 Å². The predicted molar refractivity (Wildman–Crippen MR) is 101 cm³/mol. The van der Waals surface area contributed by atoms with Crippen molar-refractivity contribution in [2.24, 2.45) is 22.5 Å². The van der Waals surface area contributed by atoms with Crippen LogP contribution < -0.4 is 16.8 Å². The normalized spacial score (nSPS) is 15.3. The molecular formula is C18H25N5O4. The first-order valence-corrected chi connectivity index (χ1v) is 8.77. The van der Waals surface area contributed by atoms with Gasteiger partial charge in [-0.25, -0.2) is 5.01 Å². The number of carbonyl (C=O) groups excluding carboxylic acids is 3. The first-order valence-electron chi connectivity index (χ1n) is 8.77. The summed E-state index contributed by atoms with van der Waals surface area (Å²) >= 11 is 0. The van der Waals surface area contributed by atoms with Crippen LogP contribution in [0.25, 0.3) is 0 Å². The molecule has 9 heteroatoms. The van der Waals surface area contributed by atoms with E-state index in [2.05, 4.69) is 15.2 Å². The molecule has 5 N–H and O–H groups in total. The lowest BCUT2D eigenvalue weighted by Crippen LogP contribution is -2.34. The van der Waals surface area contributed by atoms with Gasteiger partial charge in [0, 0.05) is 17.8 Å². The van der Waals surface area contributed by atoms with E-state index >= 15 is 0 Å². The van der Waals surface area contributed by atoms with Crippen LogP contribution in [0.1, 0.15) is 42.1 Å². The number of esters is 1. The molecule has 2 rings (SSSR count). The number of ether oxygens (including phenoxy) is 1. The molecule has 0 bridgehead atoms.